The molecule has 16 heavy (non-hydrogen) atoms. The minimum Gasteiger partial charge on any atom is -0.310 e. The van der Waals surface area contributed by atoms with Crippen LogP contribution < -0.4 is 5.32 Å². The van der Waals surface area contributed by atoms with E-state index in [4.69, 9.17) is 0 Å². The quantitative estimate of drug-likeness (QED) is 0.799. The largest absolute Gasteiger partial charge is 0.310 e. The summed E-state index contributed by atoms with van der Waals surface area (Å²) in [5.41, 5.74) is 3.96. The Morgan fingerprint density at radius 3 is 3.12 bits per heavy atom. The number of halogens is 1. The molecule has 2 aliphatic rings. The molecule has 1 aromatic heterocycles. The Kier molecular flexibility index (Phi) is 2.60. The van der Waals surface area contributed by atoms with E-state index in [1.807, 2.05) is 6.20 Å². The maximum Gasteiger partial charge on any atom is 0.109 e. The summed E-state index contributed by atoms with van der Waals surface area (Å²) in [5.74, 6) is 0.818. The predicted octanol–water partition coefficient (Wildman–Crippen LogP) is 2.92. The third-order valence-corrected chi connectivity index (χ3v) is 4.48. The van der Waals surface area contributed by atoms with Crippen LogP contribution in [0.1, 0.15) is 24.0 Å². The molecule has 2 atom stereocenters. The van der Waals surface area contributed by atoms with Gasteiger partial charge < -0.3 is 5.32 Å². The molecule has 84 valence electrons. The van der Waals surface area contributed by atoms with Gasteiger partial charge in [0, 0.05) is 12.2 Å². The normalized spacial score (nSPS) is 28.0. The summed E-state index contributed by atoms with van der Waals surface area (Å²) in [6.45, 7) is 3.27. The van der Waals surface area contributed by atoms with Gasteiger partial charge in [-0.1, -0.05) is 6.08 Å². The number of nitrogens with one attached hydrogen (secondary N) is 1. The Labute approximate surface area is 104 Å². The number of fused-ring (bicyclic) bond motifs is 1. The van der Waals surface area contributed by atoms with Crippen molar-refractivity contribution < 1.29 is 0 Å². The predicted molar refractivity (Wildman–Crippen MR) is 69.2 cm³/mol. The molecule has 1 aliphatic carbocycles. The van der Waals surface area contributed by atoms with Crippen molar-refractivity contribution in [3.05, 3.63) is 34.1 Å². The molecule has 0 saturated carbocycles. The number of aromatic nitrogens is 1. The van der Waals surface area contributed by atoms with Crippen LogP contribution in [0.3, 0.4) is 0 Å². The lowest BCUT2D eigenvalue weighted by Crippen LogP contribution is -2.20. The van der Waals surface area contributed by atoms with Crippen LogP contribution in [0.15, 0.2) is 22.9 Å². The van der Waals surface area contributed by atoms with E-state index in [1.54, 1.807) is 0 Å². The fourth-order valence-corrected chi connectivity index (χ4v) is 2.94. The van der Waals surface area contributed by atoms with Gasteiger partial charge in [0.15, 0.2) is 0 Å². The third kappa shape index (κ3) is 1.72. The van der Waals surface area contributed by atoms with E-state index in [2.05, 4.69) is 45.3 Å². The molecule has 1 aliphatic heterocycles. The highest BCUT2D eigenvalue weighted by atomic mass is 79.9. The van der Waals surface area contributed by atoms with Crippen LogP contribution >= 0.6 is 15.9 Å². The molecule has 1 fully saturated rings. The van der Waals surface area contributed by atoms with Crippen LogP contribution in [-0.4, -0.2) is 17.6 Å². The lowest BCUT2D eigenvalue weighted by atomic mass is 9.99. The zero-order valence-corrected chi connectivity index (χ0v) is 10.9. The number of rotatable bonds is 1. The lowest BCUT2D eigenvalue weighted by Gasteiger charge is -2.07. The molecule has 2 heterocycles. The Morgan fingerprint density at radius 1 is 1.50 bits per heavy atom. The maximum atomic E-state index is 4.37. The van der Waals surface area contributed by atoms with Crippen molar-refractivity contribution in [2.75, 3.05) is 6.54 Å². The molecular formula is C13H15BrN2. The molecule has 0 amide bonds. The number of hydrogen-bond acceptors (Lipinski definition) is 2. The molecule has 2 nitrogen and oxygen atoms in total. The summed E-state index contributed by atoms with van der Waals surface area (Å²) in [6.07, 6.45) is 6.89. The fraction of sp³-hybridized carbons (Fsp3) is 0.462. The van der Waals surface area contributed by atoms with Gasteiger partial charge in [-0.05, 0) is 70.9 Å². The summed E-state index contributed by atoms with van der Waals surface area (Å²) >= 11 is 3.44. The maximum absolute atomic E-state index is 4.37. The highest BCUT2D eigenvalue weighted by molar-refractivity contribution is 9.10. The second kappa shape index (κ2) is 3.97. The van der Waals surface area contributed by atoms with Crippen molar-refractivity contribution in [3.8, 4) is 0 Å². The molecule has 0 spiro atoms. The topological polar surface area (TPSA) is 24.9 Å². The fourth-order valence-electron chi connectivity index (χ4n) is 2.72. The Balaban J connectivity index is 1.90. The van der Waals surface area contributed by atoms with Crippen molar-refractivity contribution in [3.63, 3.8) is 0 Å². The van der Waals surface area contributed by atoms with Gasteiger partial charge in [0.05, 0.1) is 0 Å². The van der Waals surface area contributed by atoms with Gasteiger partial charge >= 0.3 is 0 Å². The molecule has 0 radical (unpaired) electrons. The lowest BCUT2D eigenvalue weighted by molar-refractivity contribution is 0.553. The van der Waals surface area contributed by atoms with Gasteiger partial charge in [-0.15, -0.1) is 0 Å². The molecule has 0 bridgehead atoms. The van der Waals surface area contributed by atoms with Gasteiger partial charge in [0.2, 0.25) is 0 Å². The molecule has 3 rings (SSSR count). The van der Waals surface area contributed by atoms with Crippen LogP contribution in [0, 0.1) is 12.8 Å². The van der Waals surface area contributed by atoms with Crippen molar-refractivity contribution in [2.45, 2.75) is 25.8 Å². The van der Waals surface area contributed by atoms with Gasteiger partial charge in [-0.2, -0.15) is 0 Å². The molecular weight excluding hydrogens is 264 g/mol. The molecule has 3 heteroatoms. The van der Waals surface area contributed by atoms with E-state index in [0.717, 1.165) is 10.5 Å². The summed E-state index contributed by atoms with van der Waals surface area (Å²) in [6, 6.07) is 2.84. The van der Waals surface area contributed by atoms with E-state index in [1.165, 1.54) is 36.1 Å². The molecule has 1 aromatic rings. The summed E-state index contributed by atoms with van der Waals surface area (Å²) in [4.78, 5) is 4.37. The Bertz CT molecular complexity index is 453. The van der Waals surface area contributed by atoms with Gasteiger partial charge in [-0.25, -0.2) is 4.98 Å². The first-order valence-corrected chi connectivity index (χ1v) is 6.60. The summed E-state index contributed by atoms with van der Waals surface area (Å²) < 4.78 is 0.952. The van der Waals surface area contributed by atoms with E-state index >= 15 is 0 Å². The van der Waals surface area contributed by atoms with E-state index in [9.17, 15) is 0 Å². The van der Waals surface area contributed by atoms with Crippen LogP contribution in [0.4, 0.5) is 0 Å². The first-order valence-electron chi connectivity index (χ1n) is 5.80. The van der Waals surface area contributed by atoms with Crippen molar-refractivity contribution >= 4 is 21.5 Å². The first kappa shape index (κ1) is 10.5. The number of aryl methyl sites for hydroxylation is 1. The number of allylic oxidation sites excluding steroid dienone is 1. The van der Waals surface area contributed by atoms with E-state index in [0.29, 0.717) is 6.04 Å². The van der Waals surface area contributed by atoms with Crippen LogP contribution in [0.2, 0.25) is 0 Å². The van der Waals surface area contributed by atoms with Crippen molar-refractivity contribution in [2.24, 2.45) is 5.92 Å². The average molecular weight is 279 g/mol. The second-order valence-electron chi connectivity index (χ2n) is 4.76. The summed E-state index contributed by atoms with van der Waals surface area (Å²) in [7, 11) is 0. The van der Waals surface area contributed by atoms with Crippen LogP contribution in [-0.2, 0) is 0 Å². The zero-order valence-electron chi connectivity index (χ0n) is 9.33. The minimum atomic E-state index is 0.610. The number of pyridine rings is 1. The van der Waals surface area contributed by atoms with Crippen molar-refractivity contribution in [1.29, 1.82) is 0 Å². The third-order valence-electron chi connectivity index (χ3n) is 3.65. The van der Waals surface area contributed by atoms with Gasteiger partial charge in [0.1, 0.15) is 4.60 Å². The SMILES string of the molecule is Cc1cc(C2=CC3NCCC3C2)cnc1Br. The average Bonchev–Trinajstić information content (AvgIpc) is 2.81. The molecule has 1 saturated heterocycles. The number of nitrogens with zero attached hydrogens (tertiary/aromatic N) is 1. The van der Waals surface area contributed by atoms with Crippen LogP contribution in [0.25, 0.3) is 5.57 Å². The first-order chi connectivity index (χ1) is 7.74. The molecule has 1 N–H and O–H groups in total. The van der Waals surface area contributed by atoms with Gasteiger partial charge in [0.25, 0.3) is 0 Å². The van der Waals surface area contributed by atoms with E-state index < -0.39 is 0 Å². The molecule has 2 unspecified atom stereocenters. The molecule has 0 aromatic carbocycles. The minimum absolute atomic E-state index is 0.610. The monoisotopic (exact) mass is 278 g/mol. The highest BCUT2D eigenvalue weighted by Gasteiger charge is 2.31. The standard InChI is InChI=1S/C13H15BrN2/c1-8-4-11(7-16-13(8)14)10-5-9-2-3-15-12(9)6-10/h4,6-7,9,12,15H,2-3,5H2,1H3. The Hall–Kier alpha value is -0.670. The Morgan fingerprint density at radius 2 is 2.38 bits per heavy atom. The smallest absolute Gasteiger partial charge is 0.109 e. The van der Waals surface area contributed by atoms with Crippen molar-refractivity contribution in [1.82, 2.24) is 10.3 Å². The highest BCUT2D eigenvalue weighted by Crippen LogP contribution is 2.37. The number of hydrogen-bond donors (Lipinski definition) is 1. The van der Waals surface area contributed by atoms with E-state index in [-0.39, 0.29) is 0 Å². The van der Waals surface area contributed by atoms with Gasteiger partial charge in [-0.3, -0.25) is 0 Å². The second-order valence-corrected chi connectivity index (χ2v) is 5.51. The summed E-state index contributed by atoms with van der Waals surface area (Å²) in [5, 5.41) is 3.54. The zero-order chi connectivity index (χ0) is 11.1. The van der Waals surface area contributed by atoms with Crippen LogP contribution in [0.5, 0.6) is 0 Å².